The fourth-order valence-corrected chi connectivity index (χ4v) is 2.86. The van der Waals surface area contributed by atoms with Gasteiger partial charge in [-0.1, -0.05) is 23.1 Å². The molecule has 0 amide bonds. The molecule has 7 heteroatoms. The Hall–Kier alpha value is -0.840. The van der Waals surface area contributed by atoms with E-state index < -0.39 is 0 Å². The van der Waals surface area contributed by atoms with Crippen molar-refractivity contribution in [2.24, 2.45) is 0 Å². The number of nitriles is 1. The lowest BCUT2D eigenvalue weighted by Gasteiger charge is -2.08. The first kappa shape index (κ1) is 11.6. The van der Waals surface area contributed by atoms with Gasteiger partial charge in [0, 0.05) is 13.2 Å². The first-order valence-electron chi connectivity index (χ1n) is 5.07. The summed E-state index contributed by atoms with van der Waals surface area (Å²) < 4.78 is 6.32. The Morgan fingerprint density at radius 2 is 2.56 bits per heavy atom. The molecule has 2 heterocycles. The number of nitrogens with one attached hydrogen (secondary N) is 1. The lowest BCUT2D eigenvalue weighted by molar-refractivity contribution is 0.120. The van der Waals surface area contributed by atoms with E-state index in [-0.39, 0.29) is 0 Å². The predicted molar refractivity (Wildman–Crippen MR) is 63.7 cm³/mol. The lowest BCUT2D eigenvalue weighted by atomic mass is 10.2. The van der Waals surface area contributed by atoms with E-state index in [0.29, 0.717) is 11.9 Å². The van der Waals surface area contributed by atoms with E-state index in [9.17, 15) is 0 Å². The SMILES string of the molecule is N#CCSc1nnc(NC[C@H]2CCCO2)s1. The van der Waals surface area contributed by atoms with E-state index in [1.54, 1.807) is 0 Å². The Kier molecular flexibility index (Phi) is 4.39. The molecule has 1 atom stereocenters. The number of hydrogen-bond acceptors (Lipinski definition) is 7. The standard InChI is InChI=1S/C9H12N4OS2/c10-3-5-15-9-13-12-8(16-9)11-6-7-2-1-4-14-7/h7H,1-2,4-6H2,(H,11,12)/t7-/m1/s1. The largest absolute Gasteiger partial charge is 0.376 e. The summed E-state index contributed by atoms with van der Waals surface area (Å²) in [5.74, 6) is 0.417. The van der Waals surface area contributed by atoms with Gasteiger partial charge in [0.25, 0.3) is 0 Å². The van der Waals surface area contributed by atoms with Crippen LogP contribution in [0, 0.1) is 11.3 Å². The van der Waals surface area contributed by atoms with Gasteiger partial charge in [0.05, 0.1) is 17.9 Å². The third kappa shape index (κ3) is 3.33. The second-order valence-electron chi connectivity index (χ2n) is 3.34. The average molecular weight is 256 g/mol. The van der Waals surface area contributed by atoms with Gasteiger partial charge in [0.1, 0.15) is 0 Å². The topological polar surface area (TPSA) is 70.8 Å². The molecule has 0 saturated carbocycles. The lowest BCUT2D eigenvalue weighted by Crippen LogP contribution is -2.18. The third-order valence-electron chi connectivity index (χ3n) is 2.17. The molecule has 0 radical (unpaired) electrons. The quantitative estimate of drug-likeness (QED) is 0.809. The minimum Gasteiger partial charge on any atom is -0.376 e. The van der Waals surface area contributed by atoms with Gasteiger partial charge in [0.2, 0.25) is 5.13 Å². The summed E-state index contributed by atoms with van der Waals surface area (Å²) >= 11 is 2.89. The van der Waals surface area contributed by atoms with Crippen LogP contribution in [0.2, 0.25) is 0 Å². The van der Waals surface area contributed by atoms with Crippen molar-refractivity contribution in [3.8, 4) is 6.07 Å². The maximum atomic E-state index is 8.43. The Morgan fingerprint density at radius 3 is 3.31 bits per heavy atom. The zero-order valence-corrected chi connectivity index (χ0v) is 10.3. The van der Waals surface area contributed by atoms with Crippen molar-refractivity contribution in [1.82, 2.24) is 10.2 Å². The van der Waals surface area contributed by atoms with Crippen molar-refractivity contribution in [2.45, 2.75) is 23.3 Å². The van der Waals surface area contributed by atoms with Crippen LogP contribution >= 0.6 is 23.1 Å². The number of nitrogens with zero attached hydrogens (tertiary/aromatic N) is 3. The zero-order valence-electron chi connectivity index (χ0n) is 8.68. The maximum absolute atomic E-state index is 8.43. The molecule has 1 saturated heterocycles. The highest BCUT2D eigenvalue weighted by molar-refractivity contribution is 8.01. The zero-order chi connectivity index (χ0) is 11.2. The van der Waals surface area contributed by atoms with Gasteiger partial charge in [-0.3, -0.25) is 0 Å². The Labute approximate surface area is 102 Å². The van der Waals surface area contributed by atoms with Crippen LogP contribution < -0.4 is 5.32 Å². The summed E-state index contributed by atoms with van der Waals surface area (Å²) in [6.45, 7) is 1.66. The summed E-state index contributed by atoms with van der Waals surface area (Å²) in [6, 6.07) is 2.06. The van der Waals surface area contributed by atoms with Gasteiger partial charge in [0.15, 0.2) is 4.34 Å². The molecule has 1 aliphatic heterocycles. The van der Waals surface area contributed by atoms with Crippen molar-refractivity contribution < 1.29 is 4.74 Å². The first-order valence-corrected chi connectivity index (χ1v) is 6.87. The predicted octanol–water partition coefficient (Wildman–Crippen LogP) is 1.74. The van der Waals surface area contributed by atoms with Crippen LogP contribution in [-0.2, 0) is 4.74 Å². The second kappa shape index (κ2) is 6.03. The van der Waals surface area contributed by atoms with Gasteiger partial charge < -0.3 is 10.1 Å². The molecule has 86 valence electrons. The molecule has 2 rings (SSSR count). The first-order chi connectivity index (χ1) is 7.88. The van der Waals surface area contributed by atoms with Crippen LogP contribution in [0.4, 0.5) is 5.13 Å². The summed E-state index contributed by atoms with van der Waals surface area (Å²) in [5.41, 5.74) is 0. The molecule has 1 aliphatic rings. The molecule has 0 aromatic carbocycles. The number of ether oxygens (including phenoxy) is 1. The summed E-state index contributed by atoms with van der Waals surface area (Å²) in [7, 11) is 0. The van der Waals surface area contributed by atoms with Crippen LogP contribution in [0.1, 0.15) is 12.8 Å². The van der Waals surface area contributed by atoms with Crippen molar-refractivity contribution in [1.29, 1.82) is 5.26 Å². The molecule has 1 N–H and O–H groups in total. The number of rotatable bonds is 5. The highest BCUT2D eigenvalue weighted by Crippen LogP contribution is 2.25. The van der Waals surface area contributed by atoms with E-state index in [4.69, 9.17) is 10.00 Å². The molecule has 5 nitrogen and oxygen atoms in total. The van der Waals surface area contributed by atoms with E-state index in [0.717, 1.165) is 35.5 Å². The summed E-state index contributed by atoms with van der Waals surface area (Å²) in [5, 5.41) is 20.4. The van der Waals surface area contributed by atoms with Gasteiger partial charge in [-0.2, -0.15) is 5.26 Å². The van der Waals surface area contributed by atoms with Crippen molar-refractivity contribution in [2.75, 3.05) is 24.2 Å². The fourth-order valence-electron chi connectivity index (χ4n) is 1.44. The Morgan fingerprint density at radius 1 is 1.62 bits per heavy atom. The molecular weight excluding hydrogens is 244 g/mol. The minimum atomic E-state index is 0.305. The van der Waals surface area contributed by atoms with Crippen LogP contribution in [0.25, 0.3) is 0 Å². The van der Waals surface area contributed by atoms with E-state index in [1.807, 2.05) is 0 Å². The van der Waals surface area contributed by atoms with Gasteiger partial charge in [-0.25, -0.2) is 0 Å². The molecule has 16 heavy (non-hydrogen) atoms. The normalized spacial score (nSPS) is 19.6. The van der Waals surface area contributed by atoms with Crippen LogP contribution in [0.5, 0.6) is 0 Å². The van der Waals surface area contributed by atoms with Gasteiger partial charge in [-0.15, -0.1) is 10.2 Å². The Bertz CT molecular complexity index is 370. The van der Waals surface area contributed by atoms with Crippen molar-refractivity contribution in [3.63, 3.8) is 0 Å². The average Bonchev–Trinajstić information content (AvgIpc) is 2.95. The number of anilines is 1. The van der Waals surface area contributed by atoms with Crippen molar-refractivity contribution >= 4 is 28.2 Å². The van der Waals surface area contributed by atoms with Crippen LogP contribution in [-0.4, -0.2) is 35.2 Å². The van der Waals surface area contributed by atoms with Gasteiger partial charge >= 0.3 is 0 Å². The minimum absolute atomic E-state index is 0.305. The molecule has 0 unspecified atom stereocenters. The van der Waals surface area contributed by atoms with E-state index in [2.05, 4.69) is 21.6 Å². The highest BCUT2D eigenvalue weighted by atomic mass is 32.2. The number of aromatic nitrogens is 2. The molecule has 1 aromatic rings. The third-order valence-corrected chi connectivity index (χ3v) is 4.05. The monoisotopic (exact) mass is 256 g/mol. The highest BCUT2D eigenvalue weighted by Gasteiger charge is 2.15. The van der Waals surface area contributed by atoms with Crippen LogP contribution in [0.15, 0.2) is 4.34 Å². The van der Waals surface area contributed by atoms with E-state index in [1.165, 1.54) is 23.1 Å². The molecule has 0 spiro atoms. The molecule has 1 aromatic heterocycles. The fraction of sp³-hybridized carbons (Fsp3) is 0.667. The maximum Gasteiger partial charge on any atom is 0.206 e. The summed E-state index contributed by atoms with van der Waals surface area (Å²) in [6.07, 6.45) is 2.56. The second-order valence-corrected chi connectivity index (χ2v) is 5.54. The van der Waals surface area contributed by atoms with Crippen LogP contribution in [0.3, 0.4) is 0 Å². The molecule has 1 fully saturated rings. The van der Waals surface area contributed by atoms with E-state index >= 15 is 0 Å². The van der Waals surface area contributed by atoms with Crippen molar-refractivity contribution in [3.05, 3.63) is 0 Å². The smallest absolute Gasteiger partial charge is 0.206 e. The summed E-state index contributed by atoms with van der Waals surface area (Å²) in [4.78, 5) is 0. The molecule has 0 aliphatic carbocycles. The molecular formula is C9H12N4OS2. The Balaban J connectivity index is 1.76. The number of thioether (sulfide) groups is 1. The molecule has 0 bridgehead atoms. The van der Waals surface area contributed by atoms with Gasteiger partial charge in [-0.05, 0) is 12.8 Å². The number of hydrogen-bond donors (Lipinski definition) is 1.